The molecule has 0 aliphatic carbocycles. The fourth-order valence-electron chi connectivity index (χ4n) is 2.91. The van der Waals surface area contributed by atoms with Crippen LogP contribution >= 0.6 is 0 Å². The molecule has 0 amide bonds. The van der Waals surface area contributed by atoms with Gasteiger partial charge in [-0.3, -0.25) is 4.57 Å². The van der Waals surface area contributed by atoms with Gasteiger partial charge in [0, 0.05) is 18.7 Å². The number of aromatic nitrogens is 4. The van der Waals surface area contributed by atoms with Crippen LogP contribution in [0, 0.1) is 24.4 Å². The van der Waals surface area contributed by atoms with Crippen molar-refractivity contribution in [3.63, 3.8) is 0 Å². The highest BCUT2D eigenvalue weighted by atomic mass is 19.1. The van der Waals surface area contributed by atoms with Crippen molar-refractivity contribution in [2.75, 3.05) is 18.5 Å². The molecule has 0 radical (unpaired) electrons. The number of hydrogen-bond donors (Lipinski definition) is 1. The number of imidazole rings is 1. The Labute approximate surface area is 140 Å². The molecule has 130 valence electrons. The maximum Gasteiger partial charge on any atom is 0.210 e. The zero-order valence-corrected chi connectivity index (χ0v) is 13.3. The number of rotatable bonds is 3. The summed E-state index contributed by atoms with van der Waals surface area (Å²) in [6, 6.07) is 1.15. The average molecular weight is 349 g/mol. The summed E-state index contributed by atoms with van der Waals surface area (Å²) in [7, 11) is 0. The predicted octanol–water partition coefficient (Wildman–Crippen LogP) is 3.26. The molecule has 2 aromatic heterocycles. The largest absolute Gasteiger partial charge is 0.379 e. The molecule has 3 heterocycles. The van der Waals surface area contributed by atoms with Crippen LogP contribution in [0.5, 0.6) is 0 Å². The SMILES string of the molecule is Cc1ncc2nc(Nc3c(F)cc(F)cc3F)n(C3CCOC3)c2n1. The molecule has 0 saturated carbocycles. The van der Waals surface area contributed by atoms with Gasteiger partial charge in [-0.25, -0.2) is 28.1 Å². The lowest BCUT2D eigenvalue weighted by molar-refractivity contribution is 0.187. The Morgan fingerprint density at radius 2 is 1.96 bits per heavy atom. The smallest absolute Gasteiger partial charge is 0.210 e. The normalized spacial score (nSPS) is 17.4. The number of anilines is 2. The minimum Gasteiger partial charge on any atom is -0.379 e. The van der Waals surface area contributed by atoms with E-state index in [0.29, 0.717) is 42.3 Å². The Morgan fingerprint density at radius 3 is 2.64 bits per heavy atom. The summed E-state index contributed by atoms with van der Waals surface area (Å²) in [6.45, 7) is 2.76. The van der Waals surface area contributed by atoms with Gasteiger partial charge in [-0.15, -0.1) is 0 Å². The molecule has 9 heteroatoms. The molecule has 1 unspecified atom stereocenters. The van der Waals surface area contributed by atoms with Crippen LogP contribution in [0.2, 0.25) is 0 Å². The summed E-state index contributed by atoms with van der Waals surface area (Å²) >= 11 is 0. The second-order valence-electron chi connectivity index (χ2n) is 5.82. The molecule has 1 fully saturated rings. The number of nitrogens with zero attached hydrogens (tertiary/aromatic N) is 4. The third kappa shape index (κ3) is 2.80. The van der Waals surface area contributed by atoms with Crippen LogP contribution in [0.15, 0.2) is 18.3 Å². The highest BCUT2D eigenvalue weighted by molar-refractivity contribution is 5.75. The lowest BCUT2D eigenvalue weighted by Crippen LogP contribution is -2.13. The molecular formula is C16H14F3N5O. The zero-order chi connectivity index (χ0) is 17.6. The first-order chi connectivity index (χ1) is 12.0. The van der Waals surface area contributed by atoms with Crippen molar-refractivity contribution >= 4 is 22.8 Å². The second kappa shape index (κ2) is 5.99. The van der Waals surface area contributed by atoms with Crippen LogP contribution < -0.4 is 5.32 Å². The van der Waals surface area contributed by atoms with Gasteiger partial charge in [-0.05, 0) is 13.3 Å². The lowest BCUT2D eigenvalue weighted by atomic mass is 10.2. The molecule has 1 aliphatic heterocycles. The standard InChI is InChI=1S/C16H14F3N5O/c1-8-20-6-13-15(21-8)24(10-2-3-25-7-10)16(22-13)23-14-11(18)4-9(17)5-12(14)19/h4-6,10H,2-3,7H2,1H3,(H,22,23). The lowest BCUT2D eigenvalue weighted by Gasteiger charge is -2.16. The molecule has 1 aromatic carbocycles. The highest BCUT2D eigenvalue weighted by Gasteiger charge is 2.25. The molecule has 25 heavy (non-hydrogen) atoms. The maximum atomic E-state index is 14.0. The number of ether oxygens (including phenoxy) is 1. The molecular weight excluding hydrogens is 335 g/mol. The van der Waals surface area contributed by atoms with Crippen molar-refractivity contribution in [2.24, 2.45) is 0 Å². The summed E-state index contributed by atoms with van der Waals surface area (Å²) in [5.41, 5.74) is 0.568. The Morgan fingerprint density at radius 1 is 1.20 bits per heavy atom. The molecule has 1 saturated heterocycles. The van der Waals surface area contributed by atoms with Crippen molar-refractivity contribution < 1.29 is 17.9 Å². The quantitative estimate of drug-likeness (QED) is 0.786. The molecule has 3 aromatic rings. The molecule has 0 spiro atoms. The molecule has 1 N–H and O–H groups in total. The van der Waals surface area contributed by atoms with Crippen LogP contribution in [-0.4, -0.2) is 32.7 Å². The summed E-state index contributed by atoms with van der Waals surface area (Å²) in [4.78, 5) is 12.8. The van der Waals surface area contributed by atoms with E-state index in [1.165, 1.54) is 0 Å². The number of hydrogen-bond acceptors (Lipinski definition) is 5. The molecule has 0 bridgehead atoms. The van der Waals surface area contributed by atoms with E-state index in [1.807, 2.05) is 0 Å². The minimum absolute atomic E-state index is 0.0756. The van der Waals surface area contributed by atoms with E-state index < -0.39 is 23.1 Å². The first kappa shape index (κ1) is 15.8. The molecule has 1 atom stereocenters. The highest BCUT2D eigenvalue weighted by Crippen LogP contribution is 2.31. The van der Waals surface area contributed by atoms with Crippen LogP contribution in [0.3, 0.4) is 0 Å². The number of nitrogens with one attached hydrogen (secondary N) is 1. The summed E-state index contributed by atoms with van der Waals surface area (Å²) < 4.78 is 48.3. The summed E-state index contributed by atoms with van der Waals surface area (Å²) in [6.07, 6.45) is 2.27. The van der Waals surface area contributed by atoms with Gasteiger partial charge in [-0.1, -0.05) is 0 Å². The topological polar surface area (TPSA) is 64.9 Å². The van der Waals surface area contributed by atoms with Crippen LogP contribution in [-0.2, 0) is 4.74 Å². The van der Waals surface area contributed by atoms with Gasteiger partial charge in [0.05, 0.1) is 18.8 Å². The van der Waals surface area contributed by atoms with Gasteiger partial charge < -0.3 is 10.1 Å². The van der Waals surface area contributed by atoms with Gasteiger partial charge in [0.15, 0.2) is 17.3 Å². The fraction of sp³-hybridized carbons (Fsp3) is 0.312. The molecule has 4 rings (SSSR count). The first-order valence-corrected chi connectivity index (χ1v) is 7.74. The van der Waals surface area contributed by atoms with Gasteiger partial charge in [0.1, 0.15) is 22.8 Å². The first-order valence-electron chi connectivity index (χ1n) is 7.74. The van der Waals surface area contributed by atoms with Gasteiger partial charge in [-0.2, -0.15) is 0 Å². The van der Waals surface area contributed by atoms with Crippen LogP contribution in [0.1, 0.15) is 18.3 Å². The van der Waals surface area contributed by atoms with E-state index in [0.717, 1.165) is 6.42 Å². The Hall–Kier alpha value is -2.68. The molecule has 1 aliphatic rings. The second-order valence-corrected chi connectivity index (χ2v) is 5.82. The number of halogens is 3. The van der Waals surface area contributed by atoms with Crippen LogP contribution in [0.25, 0.3) is 11.2 Å². The molecule has 6 nitrogen and oxygen atoms in total. The third-order valence-corrected chi connectivity index (χ3v) is 4.07. The van der Waals surface area contributed by atoms with E-state index in [1.54, 1.807) is 17.7 Å². The Bertz CT molecular complexity index is 929. The fourth-order valence-corrected chi connectivity index (χ4v) is 2.91. The summed E-state index contributed by atoms with van der Waals surface area (Å²) in [5.74, 6) is -2.31. The average Bonchev–Trinajstić information content (AvgIpc) is 3.17. The third-order valence-electron chi connectivity index (χ3n) is 4.07. The summed E-state index contributed by atoms with van der Waals surface area (Å²) in [5, 5.41) is 2.63. The van der Waals surface area contributed by atoms with Gasteiger partial charge in [0.2, 0.25) is 5.95 Å². The number of fused-ring (bicyclic) bond motifs is 1. The number of benzene rings is 1. The van der Waals surface area contributed by atoms with Crippen molar-refractivity contribution in [3.05, 3.63) is 41.6 Å². The van der Waals surface area contributed by atoms with Gasteiger partial charge >= 0.3 is 0 Å². The van der Waals surface area contributed by atoms with E-state index in [2.05, 4.69) is 20.3 Å². The zero-order valence-electron chi connectivity index (χ0n) is 13.3. The van der Waals surface area contributed by atoms with Crippen LogP contribution in [0.4, 0.5) is 24.8 Å². The van der Waals surface area contributed by atoms with Crippen molar-refractivity contribution in [1.29, 1.82) is 0 Å². The maximum absolute atomic E-state index is 14.0. The minimum atomic E-state index is -1.04. The van der Waals surface area contributed by atoms with E-state index in [4.69, 9.17) is 4.74 Å². The Balaban J connectivity index is 1.85. The van der Waals surface area contributed by atoms with E-state index in [-0.39, 0.29) is 12.0 Å². The van der Waals surface area contributed by atoms with Crippen molar-refractivity contribution in [2.45, 2.75) is 19.4 Å². The number of aryl methyl sites for hydroxylation is 1. The van der Waals surface area contributed by atoms with Crippen molar-refractivity contribution in [3.8, 4) is 0 Å². The van der Waals surface area contributed by atoms with E-state index in [9.17, 15) is 13.2 Å². The van der Waals surface area contributed by atoms with E-state index >= 15 is 0 Å². The van der Waals surface area contributed by atoms with Gasteiger partial charge in [0.25, 0.3) is 0 Å². The Kier molecular flexibility index (Phi) is 3.79. The van der Waals surface area contributed by atoms with Crippen molar-refractivity contribution in [1.82, 2.24) is 19.5 Å². The predicted molar refractivity (Wildman–Crippen MR) is 84.1 cm³/mol. The monoisotopic (exact) mass is 349 g/mol.